The summed E-state index contributed by atoms with van der Waals surface area (Å²) < 4.78 is 5.02. The molecule has 0 saturated carbocycles. The molecule has 1 N–H and O–H groups in total. The Hall–Kier alpha value is -2.18. The lowest BCUT2D eigenvalue weighted by molar-refractivity contribution is -0.144. The summed E-state index contributed by atoms with van der Waals surface area (Å²) in [5, 5.41) is 3.38. The highest BCUT2D eigenvalue weighted by molar-refractivity contribution is 8.00. The largest absolute Gasteiger partial charge is 0.455 e. The Morgan fingerprint density at radius 3 is 2.37 bits per heavy atom. The molecule has 1 saturated heterocycles. The van der Waals surface area contributed by atoms with Crippen molar-refractivity contribution >= 4 is 46.6 Å². The van der Waals surface area contributed by atoms with Crippen LogP contribution in [0.4, 0.5) is 11.4 Å². The van der Waals surface area contributed by atoms with E-state index in [2.05, 4.69) is 10.2 Å². The normalized spacial score (nSPS) is 13.4. The third kappa shape index (κ3) is 6.19. The van der Waals surface area contributed by atoms with Crippen molar-refractivity contribution in [1.82, 2.24) is 0 Å². The van der Waals surface area contributed by atoms with Gasteiger partial charge in [0.2, 0.25) is 0 Å². The zero-order valence-corrected chi connectivity index (χ0v) is 16.4. The quantitative estimate of drug-likeness (QED) is 0.553. The number of rotatable bonds is 7. The molecule has 0 atom stereocenters. The number of nitrogens with one attached hydrogen (secondary N) is 1. The standard InChI is InChI=1S/C20H21ClN2O3S/c21-15-3-9-18(10-4-15)27-14-20(25)26-13-19(24)22-16-5-7-17(8-6-16)23-11-1-2-12-23/h3-10H,1-2,11-14H2,(H,22,24). The molecule has 1 aliphatic rings. The molecule has 1 aliphatic heterocycles. The summed E-state index contributed by atoms with van der Waals surface area (Å²) >= 11 is 7.16. The Kier molecular flexibility index (Phi) is 7.01. The SMILES string of the molecule is O=C(COC(=O)CSc1ccc(Cl)cc1)Nc1ccc(N2CCCC2)cc1. The van der Waals surface area contributed by atoms with Gasteiger partial charge in [0, 0.05) is 34.4 Å². The first-order valence-corrected chi connectivity index (χ1v) is 10.2. The fourth-order valence-corrected chi connectivity index (χ4v) is 3.61. The number of carbonyl (C=O) groups is 2. The maximum absolute atomic E-state index is 11.9. The molecule has 0 spiro atoms. The monoisotopic (exact) mass is 404 g/mol. The molecule has 1 amide bonds. The van der Waals surface area contributed by atoms with Gasteiger partial charge in [-0.15, -0.1) is 11.8 Å². The van der Waals surface area contributed by atoms with Crippen molar-refractivity contribution in [3.05, 3.63) is 53.6 Å². The van der Waals surface area contributed by atoms with E-state index in [1.54, 1.807) is 12.1 Å². The maximum Gasteiger partial charge on any atom is 0.316 e. The summed E-state index contributed by atoms with van der Waals surface area (Å²) in [5.74, 6) is -0.650. The van der Waals surface area contributed by atoms with Crippen LogP contribution in [0.3, 0.4) is 0 Å². The van der Waals surface area contributed by atoms with Crippen LogP contribution < -0.4 is 10.2 Å². The lowest BCUT2D eigenvalue weighted by Gasteiger charge is -2.17. The Bertz CT molecular complexity index is 775. The van der Waals surface area contributed by atoms with E-state index in [0.29, 0.717) is 10.7 Å². The van der Waals surface area contributed by atoms with Crippen molar-refractivity contribution in [3.63, 3.8) is 0 Å². The van der Waals surface area contributed by atoms with Gasteiger partial charge < -0.3 is 15.0 Å². The molecule has 1 heterocycles. The number of nitrogens with zero attached hydrogens (tertiary/aromatic N) is 1. The Morgan fingerprint density at radius 2 is 1.70 bits per heavy atom. The van der Waals surface area contributed by atoms with Crippen molar-refractivity contribution in [3.8, 4) is 0 Å². The number of benzene rings is 2. The molecule has 0 unspecified atom stereocenters. The number of anilines is 2. The lowest BCUT2D eigenvalue weighted by Crippen LogP contribution is -2.22. The minimum atomic E-state index is -0.436. The van der Waals surface area contributed by atoms with E-state index in [9.17, 15) is 9.59 Å². The van der Waals surface area contributed by atoms with E-state index in [1.165, 1.54) is 24.6 Å². The molecule has 0 radical (unpaired) electrons. The molecule has 0 bridgehead atoms. The van der Waals surface area contributed by atoms with E-state index >= 15 is 0 Å². The van der Waals surface area contributed by atoms with E-state index in [1.807, 2.05) is 36.4 Å². The predicted octanol–water partition coefficient (Wildman–Crippen LogP) is 4.21. The van der Waals surface area contributed by atoms with Crippen molar-refractivity contribution < 1.29 is 14.3 Å². The summed E-state index contributed by atoms with van der Waals surface area (Å²) in [7, 11) is 0. The summed E-state index contributed by atoms with van der Waals surface area (Å²) in [5.41, 5.74) is 1.85. The fourth-order valence-electron chi connectivity index (χ4n) is 2.79. The van der Waals surface area contributed by atoms with Gasteiger partial charge in [-0.3, -0.25) is 9.59 Å². The zero-order valence-electron chi connectivity index (χ0n) is 14.8. The van der Waals surface area contributed by atoms with Gasteiger partial charge in [-0.2, -0.15) is 0 Å². The van der Waals surface area contributed by atoms with Gasteiger partial charge in [0.25, 0.3) is 5.91 Å². The van der Waals surface area contributed by atoms with Crippen molar-refractivity contribution in [2.24, 2.45) is 0 Å². The second-order valence-electron chi connectivity index (χ2n) is 6.19. The fraction of sp³-hybridized carbons (Fsp3) is 0.300. The van der Waals surface area contributed by atoms with Crippen LogP contribution in [-0.4, -0.2) is 37.3 Å². The van der Waals surface area contributed by atoms with Crippen molar-refractivity contribution in [2.45, 2.75) is 17.7 Å². The molecule has 3 rings (SSSR count). The lowest BCUT2D eigenvalue weighted by atomic mass is 10.2. The van der Waals surface area contributed by atoms with E-state index in [0.717, 1.165) is 23.7 Å². The van der Waals surface area contributed by atoms with Gasteiger partial charge in [-0.05, 0) is 61.4 Å². The molecule has 5 nitrogen and oxygen atoms in total. The number of thioether (sulfide) groups is 1. The van der Waals surface area contributed by atoms with Gasteiger partial charge in [0.15, 0.2) is 6.61 Å². The highest BCUT2D eigenvalue weighted by atomic mass is 35.5. The van der Waals surface area contributed by atoms with Crippen LogP contribution in [0.5, 0.6) is 0 Å². The van der Waals surface area contributed by atoms with Crippen LogP contribution >= 0.6 is 23.4 Å². The average Bonchev–Trinajstić information content (AvgIpc) is 3.21. The first-order chi connectivity index (χ1) is 13.1. The number of halogens is 1. The molecule has 0 aromatic heterocycles. The topological polar surface area (TPSA) is 58.6 Å². The molecular formula is C20H21ClN2O3S. The molecule has 1 fully saturated rings. The summed E-state index contributed by atoms with van der Waals surface area (Å²) in [6.07, 6.45) is 2.44. The van der Waals surface area contributed by atoms with E-state index < -0.39 is 5.97 Å². The molecular weight excluding hydrogens is 384 g/mol. The molecule has 7 heteroatoms. The third-order valence-electron chi connectivity index (χ3n) is 4.16. The van der Waals surface area contributed by atoms with Gasteiger partial charge in [0.05, 0.1) is 5.75 Å². The Balaban J connectivity index is 1.38. The zero-order chi connectivity index (χ0) is 19.1. The maximum atomic E-state index is 11.9. The van der Waals surface area contributed by atoms with Crippen LogP contribution in [0.1, 0.15) is 12.8 Å². The van der Waals surface area contributed by atoms with Crippen LogP contribution in [0.2, 0.25) is 5.02 Å². The average molecular weight is 405 g/mol. The highest BCUT2D eigenvalue weighted by Crippen LogP contribution is 2.22. The summed E-state index contributed by atoms with van der Waals surface area (Å²) in [6.45, 7) is 1.86. The minimum absolute atomic E-state index is 0.138. The smallest absolute Gasteiger partial charge is 0.316 e. The first kappa shape index (κ1) is 19.6. The van der Waals surface area contributed by atoms with E-state index in [-0.39, 0.29) is 18.3 Å². The van der Waals surface area contributed by atoms with Crippen LogP contribution in [0.25, 0.3) is 0 Å². The number of hydrogen-bond acceptors (Lipinski definition) is 5. The number of carbonyl (C=O) groups excluding carboxylic acids is 2. The number of hydrogen-bond donors (Lipinski definition) is 1. The minimum Gasteiger partial charge on any atom is -0.455 e. The van der Waals surface area contributed by atoms with Crippen LogP contribution in [0, 0.1) is 0 Å². The van der Waals surface area contributed by atoms with Gasteiger partial charge in [0.1, 0.15) is 0 Å². The van der Waals surface area contributed by atoms with Gasteiger partial charge in [-0.25, -0.2) is 0 Å². The van der Waals surface area contributed by atoms with Gasteiger partial charge in [-0.1, -0.05) is 11.6 Å². The highest BCUT2D eigenvalue weighted by Gasteiger charge is 2.12. The molecule has 2 aromatic rings. The number of amides is 1. The molecule has 27 heavy (non-hydrogen) atoms. The van der Waals surface area contributed by atoms with Gasteiger partial charge >= 0.3 is 5.97 Å². The third-order valence-corrected chi connectivity index (χ3v) is 5.39. The Morgan fingerprint density at radius 1 is 1.04 bits per heavy atom. The van der Waals surface area contributed by atoms with Crippen molar-refractivity contribution in [1.29, 1.82) is 0 Å². The number of esters is 1. The molecule has 0 aliphatic carbocycles. The van der Waals surface area contributed by atoms with Crippen LogP contribution in [0.15, 0.2) is 53.4 Å². The van der Waals surface area contributed by atoms with Crippen molar-refractivity contribution in [2.75, 3.05) is 35.7 Å². The summed E-state index contributed by atoms with van der Waals surface area (Å²) in [6, 6.07) is 14.9. The van der Waals surface area contributed by atoms with E-state index in [4.69, 9.17) is 16.3 Å². The first-order valence-electron chi connectivity index (χ1n) is 8.79. The second kappa shape index (κ2) is 9.67. The molecule has 142 valence electrons. The molecule has 2 aromatic carbocycles. The van der Waals surface area contributed by atoms with Crippen LogP contribution in [-0.2, 0) is 14.3 Å². The number of ether oxygens (including phenoxy) is 1. The summed E-state index contributed by atoms with van der Waals surface area (Å²) in [4.78, 5) is 27.0. The predicted molar refractivity (Wildman–Crippen MR) is 110 cm³/mol. The Labute approximate surface area is 168 Å². The second-order valence-corrected chi connectivity index (χ2v) is 7.68.